The largest absolute Gasteiger partial charge is 1.00 e. The predicted octanol–water partition coefficient (Wildman–Crippen LogP) is 6.78. The average Bonchev–Trinajstić information content (AvgIpc) is 3.96. The van der Waals surface area contributed by atoms with Crippen LogP contribution in [0.2, 0.25) is 0 Å². The maximum absolute atomic E-state index is 9.47. The number of azo groups is 1. The summed E-state index contributed by atoms with van der Waals surface area (Å²) in [6, 6.07) is 12.7. The molecule has 2 aromatic rings. The van der Waals surface area contributed by atoms with Crippen LogP contribution in [0.25, 0.3) is 0 Å². The van der Waals surface area contributed by atoms with Gasteiger partial charge in [-0.15, -0.1) is 10.2 Å². The van der Waals surface area contributed by atoms with Crippen LogP contribution in [0.3, 0.4) is 0 Å². The Morgan fingerprint density at radius 2 is 0.725 bits per heavy atom. The Morgan fingerprint density at radius 3 is 0.882 bits per heavy atom. The Kier molecular flexibility index (Phi) is 25.2. The van der Waals surface area contributed by atoms with Gasteiger partial charge in [0.15, 0.2) is 0 Å². The fourth-order valence-corrected chi connectivity index (χ4v) is 5.63. The number of nitrogens with one attached hydrogen (secondary N) is 1. The molecular formula is C42H65N4NaO4+2. The van der Waals surface area contributed by atoms with Crippen molar-refractivity contribution in [2.45, 2.75) is 130 Å². The van der Waals surface area contributed by atoms with Crippen LogP contribution in [0.15, 0.2) is 34.5 Å². The first kappa shape index (κ1) is 46.9. The molecule has 4 aliphatic rings. The minimum Gasteiger partial charge on any atom is -0.381 e. The zero-order valence-corrected chi connectivity index (χ0v) is 35.4. The number of hydrogen-bond donors (Lipinski definition) is 1. The van der Waals surface area contributed by atoms with E-state index in [2.05, 4.69) is 67.5 Å². The van der Waals surface area contributed by atoms with Gasteiger partial charge < -0.3 is 18.9 Å². The monoisotopic (exact) mass is 712 g/mol. The van der Waals surface area contributed by atoms with Gasteiger partial charge in [0, 0.05) is 52.9 Å². The van der Waals surface area contributed by atoms with Crippen molar-refractivity contribution in [3.63, 3.8) is 0 Å². The van der Waals surface area contributed by atoms with Gasteiger partial charge in [-0.05, 0) is 122 Å². The first-order chi connectivity index (χ1) is 24.1. The maximum atomic E-state index is 9.47. The molecule has 8 nitrogen and oxygen atoms in total. The van der Waals surface area contributed by atoms with Crippen LogP contribution in [0.1, 0.15) is 164 Å². The van der Waals surface area contributed by atoms with Gasteiger partial charge in [0.2, 0.25) is 0 Å². The van der Waals surface area contributed by atoms with Crippen molar-refractivity contribution in [2.75, 3.05) is 52.9 Å². The molecule has 4 saturated heterocycles. The summed E-state index contributed by atoms with van der Waals surface area (Å²) in [5, 5.41) is 26.6. The average molecular weight is 713 g/mol. The van der Waals surface area contributed by atoms with E-state index in [0.717, 1.165) is 92.0 Å². The van der Waals surface area contributed by atoms with Crippen molar-refractivity contribution in [3.05, 3.63) is 57.6 Å². The molecule has 1 N–H and O–H groups in total. The molecule has 9 heteroatoms. The normalized spacial score (nSPS) is 16.3. The summed E-state index contributed by atoms with van der Waals surface area (Å²) in [6.45, 7) is 25.0. The van der Waals surface area contributed by atoms with Crippen molar-refractivity contribution in [1.82, 2.24) is 0 Å². The summed E-state index contributed by atoms with van der Waals surface area (Å²) in [4.78, 5) is 0. The molecule has 0 saturated carbocycles. The maximum Gasteiger partial charge on any atom is 1.00 e. The number of hydrogen-bond acceptors (Lipinski definition) is 7. The molecule has 276 valence electrons. The van der Waals surface area contributed by atoms with Crippen LogP contribution in [0, 0.1) is 17.4 Å². The molecule has 6 rings (SSSR count). The van der Waals surface area contributed by atoms with Crippen LogP contribution in [-0.2, 0) is 18.9 Å². The minimum atomic E-state index is 0. The van der Waals surface area contributed by atoms with E-state index in [0.29, 0.717) is 5.56 Å². The predicted molar refractivity (Wildman–Crippen MR) is 202 cm³/mol. The Balaban J connectivity index is 0.000000487. The van der Waals surface area contributed by atoms with Gasteiger partial charge in [-0.25, -0.2) is 0 Å². The van der Waals surface area contributed by atoms with E-state index in [-0.39, 0.29) is 53.2 Å². The topological polar surface area (TPSA) is 109 Å². The summed E-state index contributed by atoms with van der Waals surface area (Å²) >= 11 is 0. The smallest absolute Gasteiger partial charge is 0.381 e. The third-order valence-corrected chi connectivity index (χ3v) is 8.66. The van der Waals surface area contributed by atoms with E-state index in [1.807, 2.05) is 24.3 Å². The quantitative estimate of drug-likeness (QED) is 0.263. The summed E-state index contributed by atoms with van der Waals surface area (Å²) in [7, 11) is 0. The zero-order valence-electron chi connectivity index (χ0n) is 33.4. The molecule has 0 amide bonds. The van der Waals surface area contributed by atoms with E-state index in [4.69, 9.17) is 34.4 Å². The summed E-state index contributed by atoms with van der Waals surface area (Å²) < 4.78 is 19.8. The SMILES string of the molecule is C1CCOC1.C1CCOC1.C1CCOC1.C1CCOC1.CC(C)c1cc(C#N)cc(C(C)C)c1N=Nc1c(C(C)C)cc(C#[NH+])cc1C(C)C.[Na+]. The number of nitrogens with zero attached hydrogens (tertiary/aromatic N) is 3. The number of ether oxygens (including phenoxy) is 4. The van der Waals surface area contributed by atoms with E-state index in [1.54, 1.807) is 0 Å². The van der Waals surface area contributed by atoms with E-state index >= 15 is 0 Å². The minimum absolute atomic E-state index is 0. The van der Waals surface area contributed by atoms with Crippen LogP contribution >= 0.6 is 0 Å². The third-order valence-electron chi connectivity index (χ3n) is 8.66. The van der Waals surface area contributed by atoms with Crippen molar-refractivity contribution >= 4 is 11.4 Å². The van der Waals surface area contributed by atoms with Crippen molar-refractivity contribution < 1.29 is 53.8 Å². The molecule has 0 unspecified atom stereocenters. The molecular weight excluding hydrogens is 647 g/mol. The second-order valence-corrected chi connectivity index (χ2v) is 14.3. The molecule has 0 bridgehead atoms. The van der Waals surface area contributed by atoms with E-state index in [1.165, 1.54) is 51.4 Å². The molecule has 4 fully saturated rings. The van der Waals surface area contributed by atoms with E-state index in [9.17, 15) is 5.26 Å². The standard InChI is InChI=1S/C26H32N4.4C4H8O.Na/c1-15(2)21-9-19(13-27)10-22(16(3)4)25(21)29-30-26-23(17(5)6)11-20(14-28)12-24(26)18(7)8;4*1-2-4-5-3-1;/h9-12,15-18H,1-8H3;4*1-4H2;/q;;;;;+1/p+1. The van der Waals surface area contributed by atoms with Crippen molar-refractivity contribution in [2.24, 2.45) is 10.2 Å². The molecule has 0 aromatic heterocycles. The van der Waals surface area contributed by atoms with Crippen molar-refractivity contribution in [3.8, 4) is 12.1 Å². The Morgan fingerprint density at radius 1 is 0.490 bits per heavy atom. The first-order valence-corrected chi connectivity index (χ1v) is 19.0. The molecule has 4 aliphatic heterocycles. The van der Waals surface area contributed by atoms with Crippen molar-refractivity contribution in [1.29, 1.82) is 5.26 Å². The Hall–Kier alpha value is -2.14. The first-order valence-electron chi connectivity index (χ1n) is 19.0. The van der Waals surface area contributed by atoms with Gasteiger partial charge >= 0.3 is 35.6 Å². The Bertz CT molecular complexity index is 1150. The molecule has 0 radical (unpaired) electrons. The van der Waals surface area contributed by atoms with Gasteiger partial charge in [-0.2, -0.15) is 5.26 Å². The fourth-order valence-electron chi connectivity index (χ4n) is 5.63. The fraction of sp³-hybridized carbons (Fsp3) is 0.667. The molecule has 0 aliphatic carbocycles. The third kappa shape index (κ3) is 18.0. The molecule has 0 atom stereocenters. The van der Waals surface area contributed by atoms with Gasteiger partial charge in [-0.3, -0.25) is 0 Å². The zero-order chi connectivity index (χ0) is 36.7. The van der Waals surface area contributed by atoms with Crippen LogP contribution < -0.4 is 34.8 Å². The number of rotatable bonds is 6. The second-order valence-electron chi connectivity index (χ2n) is 14.3. The summed E-state index contributed by atoms with van der Waals surface area (Å²) in [5.41, 5.74) is 7.42. The van der Waals surface area contributed by atoms with Crippen LogP contribution in [-0.4, -0.2) is 52.9 Å². The summed E-state index contributed by atoms with van der Waals surface area (Å²) in [5.74, 6) is 0.960. The molecule has 51 heavy (non-hydrogen) atoms. The van der Waals surface area contributed by atoms with Gasteiger partial charge in [0.05, 0.1) is 23.0 Å². The second kappa shape index (κ2) is 27.5. The Labute approximate surface area is 332 Å². The molecule has 4 heterocycles. The van der Waals surface area contributed by atoms with Gasteiger partial charge in [-0.1, -0.05) is 60.7 Å². The van der Waals surface area contributed by atoms with Crippen LogP contribution in [0.4, 0.5) is 11.4 Å². The molecule has 0 spiro atoms. The van der Waals surface area contributed by atoms with Gasteiger partial charge in [0.25, 0.3) is 0 Å². The van der Waals surface area contributed by atoms with Gasteiger partial charge in [0.1, 0.15) is 5.56 Å². The van der Waals surface area contributed by atoms with E-state index < -0.39 is 0 Å². The summed E-state index contributed by atoms with van der Waals surface area (Å²) in [6.07, 6.45) is 10.2. The number of benzene rings is 2. The van der Waals surface area contributed by atoms with Crippen LogP contribution in [0.5, 0.6) is 0 Å². The molecule has 2 aromatic carbocycles. The number of nitriles is 1.